The van der Waals surface area contributed by atoms with Crippen LogP contribution in [0.5, 0.6) is 0 Å². The molecular weight excluding hydrogens is 342 g/mol. The molecule has 0 aliphatic heterocycles. The van der Waals surface area contributed by atoms with Gasteiger partial charge in [-0.15, -0.1) is 11.8 Å². The van der Waals surface area contributed by atoms with Crippen molar-refractivity contribution in [3.05, 3.63) is 64.1 Å². The van der Waals surface area contributed by atoms with Gasteiger partial charge in [0.15, 0.2) is 0 Å². The molecular formula is C18H20BrNS. The van der Waals surface area contributed by atoms with Crippen molar-refractivity contribution in [2.45, 2.75) is 36.1 Å². The minimum absolute atomic E-state index is 0.103. The largest absolute Gasteiger partial charge is 0.323 e. The van der Waals surface area contributed by atoms with E-state index in [0.717, 1.165) is 16.1 Å². The van der Waals surface area contributed by atoms with Crippen molar-refractivity contribution >= 4 is 27.7 Å². The maximum Gasteiger partial charge on any atom is 0.0393 e. The van der Waals surface area contributed by atoms with Gasteiger partial charge in [0.05, 0.1) is 0 Å². The summed E-state index contributed by atoms with van der Waals surface area (Å²) in [5.41, 5.74) is 9.28. The molecule has 2 N–H and O–H groups in total. The summed E-state index contributed by atoms with van der Waals surface area (Å²) in [5.74, 6) is 1.66. The molecule has 3 heteroatoms. The smallest absolute Gasteiger partial charge is 0.0393 e. The fourth-order valence-electron chi connectivity index (χ4n) is 2.77. The molecule has 0 bridgehead atoms. The van der Waals surface area contributed by atoms with Crippen molar-refractivity contribution in [1.82, 2.24) is 0 Å². The van der Waals surface area contributed by atoms with Crippen LogP contribution in [-0.2, 0) is 0 Å². The number of benzene rings is 2. The minimum atomic E-state index is 0.103. The van der Waals surface area contributed by atoms with Crippen molar-refractivity contribution in [1.29, 1.82) is 0 Å². The Balaban J connectivity index is 1.69. The van der Waals surface area contributed by atoms with Gasteiger partial charge in [0.25, 0.3) is 0 Å². The Morgan fingerprint density at radius 1 is 1.14 bits per heavy atom. The van der Waals surface area contributed by atoms with Crippen molar-refractivity contribution in [2.75, 3.05) is 5.75 Å². The van der Waals surface area contributed by atoms with Crippen LogP contribution in [0, 0.1) is 0 Å². The van der Waals surface area contributed by atoms with E-state index in [1.54, 1.807) is 0 Å². The Labute approximate surface area is 139 Å². The van der Waals surface area contributed by atoms with Gasteiger partial charge in [0, 0.05) is 21.2 Å². The zero-order valence-corrected chi connectivity index (χ0v) is 14.4. The summed E-state index contributed by atoms with van der Waals surface area (Å²) in [6.45, 7) is 0. The van der Waals surface area contributed by atoms with Gasteiger partial charge >= 0.3 is 0 Å². The lowest BCUT2D eigenvalue weighted by Gasteiger charge is -2.29. The zero-order chi connectivity index (χ0) is 14.7. The highest BCUT2D eigenvalue weighted by molar-refractivity contribution is 9.10. The summed E-state index contributed by atoms with van der Waals surface area (Å²) >= 11 is 5.35. The quantitative estimate of drug-likeness (QED) is 0.710. The van der Waals surface area contributed by atoms with Gasteiger partial charge in [-0.2, -0.15) is 0 Å². The van der Waals surface area contributed by atoms with Crippen LogP contribution in [0.2, 0.25) is 0 Å². The predicted octanol–water partition coefficient (Wildman–Crippen LogP) is 5.51. The van der Waals surface area contributed by atoms with E-state index in [9.17, 15) is 0 Å². The van der Waals surface area contributed by atoms with Crippen LogP contribution in [0.3, 0.4) is 0 Å². The summed E-state index contributed by atoms with van der Waals surface area (Å²) < 4.78 is 1.12. The zero-order valence-electron chi connectivity index (χ0n) is 12.0. The van der Waals surface area contributed by atoms with Crippen LogP contribution in [-0.4, -0.2) is 5.75 Å². The Bertz CT molecular complexity index is 610. The second kappa shape index (κ2) is 6.99. The summed E-state index contributed by atoms with van der Waals surface area (Å²) in [6.07, 6.45) is 4.01. The Hall–Kier alpha value is -0.770. The van der Waals surface area contributed by atoms with Crippen LogP contribution in [0.4, 0.5) is 0 Å². The van der Waals surface area contributed by atoms with Crippen LogP contribution >= 0.6 is 27.7 Å². The lowest BCUT2D eigenvalue weighted by Crippen LogP contribution is -2.19. The topological polar surface area (TPSA) is 26.0 Å². The number of nitrogens with two attached hydrogens (primary N) is 1. The molecule has 2 aromatic carbocycles. The molecule has 0 radical (unpaired) electrons. The molecule has 0 saturated heterocycles. The first kappa shape index (κ1) is 15.1. The van der Waals surface area contributed by atoms with Gasteiger partial charge in [-0.3, -0.25) is 0 Å². The van der Waals surface area contributed by atoms with Crippen LogP contribution in [0.25, 0.3) is 0 Å². The second-order valence-corrected chi connectivity index (χ2v) is 7.64. The monoisotopic (exact) mass is 361 g/mol. The first-order valence-electron chi connectivity index (χ1n) is 7.47. The third-order valence-electron chi connectivity index (χ3n) is 4.17. The standard InChI is InChI=1S/C18H20BrNS/c19-14-7-4-8-15(11-14)21-12-18(20)17-10-2-1-9-16(17)13-5-3-6-13/h1-2,4,7-11,13,18H,3,5-6,12,20H2. The maximum absolute atomic E-state index is 6.47. The number of rotatable bonds is 5. The fourth-order valence-corrected chi connectivity index (χ4v) is 4.26. The molecule has 1 aliphatic carbocycles. The van der Waals surface area contributed by atoms with E-state index in [4.69, 9.17) is 5.73 Å². The van der Waals surface area contributed by atoms with Crippen LogP contribution in [0.15, 0.2) is 57.9 Å². The van der Waals surface area contributed by atoms with E-state index in [1.165, 1.54) is 35.3 Å². The molecule has 1 aliphatic rings. The molecule has 2 aromatic rings. The predicted molar refractivity (Wildman–Crippen MR) is 94.8 cm³/mol. The molecule has 1 nitrogen and oxygen atoms in total. The molecule has 0 aromatic heterocycles. The Morgan fingerprint density at radius 3 is 2.67 bits per heavy atom. The first-order valence-corrected chi connectivity index (χ1v) is 9.24. The number of hydrogen-bond donors (Lipinski definition) is 1. The third-order valence-corrected chi connectivity index (χ3v) is 5.77. The van der Waals surface area contributed by atoms with Gasteiger partial charge in [0.1, 0.15) is 0 Å². The van der Waals surface area contributed by atoms with Crippen molar-refractivity contribution < 1.29 is 0 Å². The molecule has 110 valence electrons. The summed E-state index contributed by atoms with van der Waals surface area (Å²) in [4.78, 5) is 1.26. The highest BCUT2D eigenvalue weighted by Crippen LogP contribution is 2.39. The number of hydrogen-bond acceptors (Lipinski definition) is 2. The van der Waals surface area contributed by atoms with E-state index in [1.807, 2.05) is 11.8 Å². The Morgan fingerprint density at radius 2 is 1.95 bits per heavy atom. The average molecular weight is 362 g/mol. The summed E-state index contributed by atoms with van der Waals surface area (Å²) in [6, 6.07) is 17.2. The molecule has 1 atom stereocenters. The molecule has 1 fully saturated rings. The van der Waals surface area contributed by atoms with Crippen LogP contribution < -0.4 is 5.73 Å². The molecule has 0 heterocycles. The fraction of sp³-hybridized carbons (Fsp3) is 0.333. The molecule has 0 amide bonds. The van der Waals surface area contributed by atoms with Crippen molar-refractivity contribution in [3.63, 3.8) is 0 Å². The first-order chi connectivity index (χ1) is 10.2. The third kappa shape index (κ3) is 3.71. The Kier molecular flexibility index (Phi) is 5.04. The molecule has 3 rings (SSSR count). The van der Waals surface area contributed by atoms with Gasteiger partial charge in [-0.05, 0) is 48.1 Å². The van der Waals surface area contributed by atoms with Gasteiger partial charge in [-0.1, -0.05) is 52.7 Å². The molecule has 21 heavy (non-hydrogen) atoms. The highest BCUT2D eigenvalue weighted by Gasteiger charge is 2.23. The lowest BCUT2D eigenvalue weighted by atomic mass is 9.77. The normalized spacial score (nSPS) is 16.5. The second-order valence-electron chi connectivity index (χ2n) is 5.63. The number of halogens is 1. The SMILES string of the molecule is NC(CSc1cccc(Br)c1)c1ccccc1C1CCC1. The summed E-state index contributed by atoms with van der Waals surface area (Å²) in [7, 11) is 0. The van der Waals surface area contributed by atoms with Gasteiger partial charge < -0.3 is 5.73 Å². The van der Waals surface area contributed by atoms with E-state index in [-0.39, 0.29) is 6.04 Å². The van der Waals surface area contributed by atoms with Crippen LogP contribution in [0.1, 0.15) is 42.3 Å². The van der Waals surface area contributed by atoms with E-state index in [2.05, 4.69) is 64.5 Å². The van der Waals surface area contributed by atoms with E-state index >= 15 is 0 Å². The molecule has 1 unspecified atom stereocenters. The minimum Gasteiger partial charge on any atom is -0.323 e. The van der Waals surface area contributed by atoms with E-state index in [0.29, 0.717) is 0 Å². The summed E-state index contributed by atoms with van der Waals surface area (Å²) in [5, 5.41) is 0. The number of thioether (sulfide) groups is 1. The molecule has 1 saturated carbocycles. The average Bonchev–Trinajstić information content (AvgIpc) is 2.44. The van der Waals surface area contributed by atoms with E-state index < -0.39 is 0 Å². The van der Waals surface area contributed by atoms with Gasteiger partial charge in [0.2, 0.25) is 0 Å². The maximum atomic E-state index is 6.47. The van der Waals surface area contributed by atoms with Crippen molar-refractivity contribution in [2.24, 2.45) is 5.73 Å². The molecule has 0 spiro atoms. The van der Waals surface area contributed by atoms with Gasteiger partial charge in [-0.25, -0.2) is 0 Å². The van der Waals surface area contributed by atoms with Crippen molar-refractivity contribution in [3.8, 4) is 0 Å². The lowest BCUT2D eigenvalue weighted by molar-refractivity contribution is 0.416. The highest BCUT2D eigenvalue weighted by atomic mass is 79.9.